The molecule has 0 amide bonds. The molecular weight excluding hydrogens is 206 g/mol. The second-order valence-electron chi connectivity index (χ2n) is 5.06. The van der Waals surface area contributed by atoms with E-state index in [-0.39, 0.29) is 6.10 Å². The summed E-state index contributed by atoms with van der Waals surface area (Å²) in [6, 6.07) is 0. The summed E-state index contributed by atoms with van der Waals surface area (Å²) in [5.41, 5.74) is -0.761. The van der Waals surface area contributed by atoms with Crippen LogP contribution in [0.1, 0.15) is 39.5 Å². The minimum atomic E-state index is -0.761. The first-order chi connectivity index (χ1) is 7.50. The first-order valence-corrected chi connectivity index (χ1v) is 6.04. The summed E-state index contributed by atoms with van der Waals surface area (Å²) in [4.78, 5) is 11.2. The lowest BCUT2D eigenvalue weighted by Crippen LogP contribution is -2.48. The third-order valence-corrected chi connectivity index (χ3v) is 3.41. The van der Waals surface area contributed by atoms with Crippen LogP contribution in [0.4, 0.5) is 0 Å². The Morgan fingerprint density at radius 3 is 2.75 bits per heavy atom. The van der Waals surface area contributed by atoms with Gasteiger partial charge in [-0.25, -0.2) is 0 Å². The molecule has 0 bridgehead atoms. The minimum absolute atomic E-state index is 0.0994. The van der Waals surface area contributed by atoms with Gasteiger partial charge < -0.3 is 15.2 Å². The predicted molar refractivity (Wildman–Crippen MR) is 62.5 cm³/mol. The van der Waals surface area contributed by atoms with Crippen molar-refractivity contribution < 1.29 is 14.6 Å². The van der Waals surface area contributed by atoms with Crippen molar-refractivity contribution in [1.29, 1.82) is 0 Å². The van der Waals surface area contributed by atoms with Gasteiger partial charge in [0.2, 0.25) is 0 Å². The lowest BCUT2D eigenvalue weighted by Gasteiger charge is -2.23. The zero-order valence-electron chi connectivity index (χ0n) is 10.5. The predicted octanol–water partition coefficient (Wildman–Crippen LogP) is 1.64. The van der Waals surface area contributed by atoms with Crippen LogP contribution in [0.2, 0.25) is 0 Å². The lowest BCUT2D eigenvalue weighted by molar-refractivity contribution is -0.144. The molecule has 0 aromatic rings. The number of ether oxygens (including phenoxy) is 1. The first-order valence-electron chi connectivity index (χ1n) is 6.04. The SMILES string of the molecule is CNC1(C(=O)O)CCC(OCCC(C)C)C1. The van der Waals surface area contributed by atoms with E-state index in [4.69, 9.17) is 4.74 Å². The monoisotopic (exact) mass is 229 g/mol. The fourth-order valence-electron chi connectivity index (χ4n) is 2.14. The third kappa shape index (κ3) is 3.19. The minimum Gasteiger partial charge on any atom is -0.480 e. The van der Waals surface area contributed by atoms with Gasteiger partial charge >= 0.3 is 5.97 Å². The molecule has 0 aromatic carbocycles. The third-order valence-electron chi connectivity index (χ3n) is 3.41. The van der Waals surface area contributed by atoms with Crippen molar-refractivity contribution in [2.24, 2.45) is 5.92 Å². The van der Waals surface area contributed by atoms with Crippen molar-refractivity contribution in [3.63, 3.8) is 0 Å². The zero-order chi connectivity index (χ0) is 12.2. The Bertz CT molecular complexity index is 242. The molecule has 4 nitrogen and oxygen atoms in total. The van der Waals surface area contributed by atoms with Crippen LogP contribution in [0.15, 0.2) is 0 Å². The number of nitrogens with one attached hydrogen (secondary N) is 1. The van der Waals surface area contributed by atoms with Crippen molar-refractivity contribution in [2.45, 2.75) is 51.2 Å². The van der Waals surface area contributed by atoms with Gasteiger partial charge in [-0.15, -0.1) is 0 Å². The van der Waals surface area contributed by atoms with Crippen LogP contribution in [0.3, 0.4) is 0 Å². The summed E-state index contributed by atoms with van der Waals surface area (Å²) >= 11 is 0. The van der Waals surface area contributed by atoms with Gasteiger partial charge in [0, 0.05) is 13.0 Å². The molecule has 0 aliphatic heterocycles. The molecule has 2 atom stereocenters. The highest BCUT2D eigenvalue weighted by Gasteiger charge is 2.44. The van der Waals surface area contributed by atoms with Gasteiger partial charge in [-0.2, -0.15) is 0 Å². The highest BCUT2D eigenvalue weighted by atomic mass is 16.5. The molecule has 2 N–H and O–H groups in total. The van der Waals surface area contributed by atoms with Gasteiger partial charge in [-0.3, -0.25) is 4.79 Å². The molecule has 94 valence electrons. The van der Waals surface area contributed by atoms with E-state index < -0.39 is 11.5 Å². The highest BCUT2D eigenvalue weighted by molar-refractivity contribution is 5.79. The summed E-state index contributed by atoms with van der Waals surface area (Å²) in [7, 11) is 1.71. The maximum Gasteiger partial charge on any atom is 0.323 e. The van der Waals surface area contributed by atoms with E-state index in [1.165, 1.54) is 0 Å². The molecule has 1 rings (SSSR count). The summed E-state index contributed by atoms with van der Waals surface area (Å²) in [5, 5.41) is 12.1. The number of rotatable bonds is 6. The number of carboxylic acids is 1. The number of hydrogen-bond donors (Lipinski definition) is 2. The van der Waals surface area contributed by atoms with E-state index >= 15 is 0 Å². The molecule has 16 heavy (non-hydrogen) atoms. The topological polar surface area (TPSA) is 58.6 Å². The van der Waals surface area contributed by atoms with Crippen molar-refractivity contribution >= 4 is 5.97 Å². The maximum absolute atomic E-state index is 11.2. The van der Waals surface area contributed by atoms with Crippen LogP contribution < -0.4 is 5.32 Å². The molecule has 0 saturated heterocycles. The van der Waals surface area contributed by atoms with Crippen molar-refractivity contribution in [3.8, 4) is 0 Å². The normalized spacial score (nSPS) is 29.9. The van der Waals surface area contributed by atoms with Crippen LogP contribution in [-0.4, -0.2) is 36.4 Å². The molecule has 0 radical (unpaired) electrons. The molecule has 1 fully saturated rings. The van der Waals surface area contributed by atoms with Crippen molar-refractivity contribution in [3.05, 3.63) is 0 Å². The molecule has 0 aromatic heterocycles. The largest absolute Gasteiger partial charge is 0.480 e. The molecule has 1 aliphatic rings. The molecule has 4 heteroatoms. The van der Waals surface area contributed by atoms with Gasteiger partial charge in [0.15, 0.2) is 0 Å². The van der Waals surface area contributed by atoms with E-state index in [0.29, 0.717) is 18.8 Å². The Morgan fingerprint density at radius 1 is 1.62 bits per heavy atom. The Labute approximate surface area is 97.4 Å². The molecule has 1 aliphatic carbocycles. The molecule has 2 unspecified atom stereocenters. The number of likely N-dealkylation sites (N-methyl/N-ethyl adjacent to an activating group) is 1. The number of carbonyl (C=O) groups is 1. The Morgan fingerprint density at radius 2 is 2.31 bits per heavy atom. The molecular formula is C12H23NO3. The standard InChI is InChI=1S/C12H23NO3/c1-9(2)5-7-16-10-4-6-12(8-10,13-3)11(14)15/h9-10,13H,4-8H2,1-3H3,(H,14,15). The molecule has 0 spiro atoms. The van der Waals surface area contributed by atoms with Crippen LogP contribution >= 0.6 is 0 Å². The number of carboxylic acid groups (broad SMARTS) is 1. The van der Waals surface area contributed by atoms with Gasteiger partial charge in [-0.1, -0.05) is 13.8 Å². The van der Waals surface area contributed by atoms with Crippen molar-refractivity contribution in [1.82, 2.24) is 5.32 Å². The quantitative estimate of drug-likeness (QED) is 0.727. The first kappa shape index (κ1) is 13.5. The molecule has 0 heterocycles. The average Bonchev–Trinajstić information content (AvgIpc) is 2.62. The number of hydrogen-bond acceptors (Lipinski definition) is 3. The maximum atomic E-state index is 11.2. The fraction of sp³-hybridized carbons (Fsp3) is 0.917. The lowest BCUT2D eigenvalue weighted by atomic mass is 9.98. The van der Waals surface area contributed by atoms with Gasteiger partial charge in [0.25, 0.3) is 0 Å². The van der Waals surface area contributed by atoms with E-state index in [1.54, 1.807) is 7.05 Å². The summed E-state index contributed by atoms with van der Waals surface area (Å²) in [6.45, 7) is 5.06. The van der Waals surface area contributed by atoms with Gasteiger partial charge in [0.1, 0.15) is 5.54 Å². The Kier molecular flexibility index (Phi) is 4.74. The second kappa shape index (κ2) is 5.64. The highest BCUT2D eigenvalue weighted by Crippen LogP contribution is 2.32. The number of aliphatic carboxylic acids is 1. The van der Waals surface area contributed by atoms with Crippen LogP contribution in [0.5, 0.6) is 0 Å². The van der Waals surface area contributed by atoms with E-state index in [9.17, 15) is 9.90 Å². The summed E-state index contributed by atoms with van der Waals surface area (Å²) in [5.74, 6) is -0.125. The molecule has 1 saturated carbocycles. The van der Waals surface area contributed by atoms with E-state index in [2.05, 4.69) is 19.2 Å². The van der Waals surface area contributed by atoms with Crippen LogP contribution in [0, 0.1) is 5.92 Å². The van der Waals surface area contributed by atoms with Gasteiger partial charge in [-0.05, 0) is 32.2 Å². The second-order valence-corrected chi connectivity index (χ2v) is 5.06. The summed E-state index contributed by atoms with van der Waals surface area (Å²) < 4.78 is 5.72. The zero-order valence-corrected chi connectivity index (χ0v) is 10.5. The van der Waals surface area contributed by atoms with Crippen LogP contribution in [-0.2, 0) is 9.53 Å². The summed E-state index contributed by atoms with van der Waals surface area (Å²) in [6.07, 6.45) is 3.21. The average molecular weight is 229 g/mol. The van der Waals surface area contributed by atoms with Gasteiger partial charge in [0.05, 0.1) is 6.10 Å². The van der Waals surface area contributed by atoms with Crippen molar-refractivity contribution in [2.75, 3.05) is 13.7 Å². The van der Waals surface area contributed by atoms with Crippen LogP contribution in [0.25, 0.3) is 0 Å². The van der Waals surface area contributed by atoms with E-state index in [1.807, 2.05) is 0 Å². The Balaban J connectivity index is 2.36. The smallest absolute Gasteiger partial charge is 0.323 e. The Hall–Kier alpha value is -0.610. The fourth-order valence-corrected chi connectivity index (χ4v) is 2.14. The van der Waals surface area contributed by atoms with E-state index in [0.717, 1.165) is 19.4 Å².